The molecule has 0 saturated heterocycles. The Balaban J connectivity index is 4.37. The summed E-state index contributed by atoms with van der Waals surface area (Å²) in [5.41, 5.74) is -0.450. The van der Waals surface area contributed by atoms with Gasteiger partial charge in [0.05, 0.1) is 5.60 Å². The first-order chi connectivity index (χ1) is 6.59. The van der Waals surface area contributed by atoms with Crippen LogP contribution in [0.5, 0.6) is 0 Å². The summed E-state index contributed by atoms with van der Waals surface area (Å²) in [5.74, 6) is 0.113. The number of carbonyl (C=O) groups excluding carboxylic acids is 1. The van der Waals surface area contributed by atoms with Gasteiger partial charge in [-0.25, -0.2) is 0 Å². The predicted octanol–water partition coefficient (Wildman–Crippen LogP) is 2.35. The maximum absolute atomic E-state index is 11.6. The molecule has 0 rings (SSSR count). The summed E-state index contributed by atoms with van der Waals surface area (Å²) in [5, 5.41) is 3.03. The van der Waals surface area contributed by atoms with E-state index in [1.807, 2.05) is 41.5 Å². The Morgan fingerprint density at radius 1 is 1.27 bits per heavy atom. The van der Waals surface area contributed by atoms with Gasteiger partial charge in [0, 0.05) is 18.6 Å². The highest BCUT2D eigenvalue weighted by Crippen LogP contribution is 2.22. The molecular weight excluding hydrogens is 190 g/mol. The molecule has 0 aliphatic carbocycles. The second kappa shape index (κ2) is 4.97. The highest BCUT2D eigenvalue weighted by atomic mass is 16.5. The summed E-state index contributed by atoms with van der Waals surface area (Å²) in [4.78, 5) is 11.6. The Morgan fingerprint density at radius 3 is 2.07 bits per heavy atom. The average Bonchev–Trinajstić information content (AvgIpc) is 2.01. The van der Waals surface area contributed by atoms with Gasteiger partial charge in [-0.1, -0.05) is 13.8 Å². The number of ether oxygens (including phenoxy) is 1. The van der Waals surface area contributed by atoms with E-state index < -0.39 is 0 Å². The lowest BCUT2D eigenvalue weighted by Gasteiger charge is -2.35. The molecule has 0 aromatic rings. The van der Waals surface area contributed by atoms with E-state index in [1.165, 1.54) is 0 Å². The quantitative estimate of drug-likeness (QED) is 0.764. The fourth-order valence-corrected chi connectivity index (χ4v) is 1.66. The summed E-state index contributed by atoms with van der Waals surface area (Å²) in [6, 6.07) is 0. The van der Waals surface area contributed by atoms with E-state index in [1.54, 1.807) is 7.11 Å². The van der Waals surface area contributed by atoms with Crippen molar-refractivity contribution < 1.29 is 9.53 Å². The van der Waals surface area contributed by atoms with Crippen molar-refractivity contribution in [3.8, 4) is 0 Å². The standard InChI is InChI=1S/C12H25NO2/c1-9(2)10(14)13-11(3,4)8-12(5,6)15-7/h9H,8H2,1-7H3,(H,13,14). The minimum absolute atomic E-state index is 0.0231. The molecule has 0 heterocycles. The molecule has 0 radical (unpaired) electrons. The van der Waals surface area contributed by atoms with Crippen LogP contribution < -0.4 is 5.32 Å². The molecule has 90 valence electrons. The molecule has 1 amide bonds. The number of rotatable bonds is 5. The topological polar surface area (TPSA) is 38.3 Å². The van der Waals surface area contributed by atoms with Gasteiger partial charge in [-0.15, -0.1) is 0 Å². The van der Waals surface area contributed by atoms with Crippen LogP contribution in [0.4, 0.5) is 0 Å². The van der Waals surface area contributed by atoms with Gasteiger partial charge in [-0.05, 0) is 34.1 Å². The van der Waals surface area contributed by atoms with E-state index in [-0.39, 0.29) is 23.0 Å². The van der Waals surface area contributed by atoms with Crippen LogP contribution in [0, 0.1) is 5.92 Å². The average molecular weight is 215 g/mol. The molecular formula is C12H25NO2. The molecule has 0 aromatic carbocycles. The van der Waals surface area contributed by atoms with Gasteiger partial charge in [-0.3, -0.25) is 4.79 Å². The maximum atomic E-state index is 11.6. The molecule has 0 unspecified atom stereocenters. The molecule has 0 aliphatic rings. The second-order valence-electron chi connectivity index (χ2n) is 5.67. The third-order valence-corrected chi connectivity index (χ3v) is 2.41. The highest BCUT2D eigenvalue weighted by molar-refractivity contribution is 5.78. The van der Waals surface area contributed by atoms with E-state index in [0.29, 0.717) is 0 Å². The molecule has 3 heteroatoms. The number of methoxy groups -OCH3 is 1. The van der Waals surface area contributed by atoms with Crippen LogP contribution in [-0.2, 0) is 9.53 Å². The summed E-state index contributed by atoms with van der Waals surface area (Å²) < 4.78 is 5.36. The van der Waals surface area contributed by atoms with Crippen molar-refractivity contribution in [2.24, 2.45) is 5.92 Å². The van der Waals surface area contributed by atoms with Gasteiger partial charge in [0.2, 0.25) is 5.91 Å². The summed E-state index contributed by atoms with van der Waals surface area (Å²) >= 11 is 0. The van der Waals surface area contributed by atoms with E-state index >= 15 is 0 Å². The van der Waals surface area contributed by atoms with Crippen LogP contribution in [0.1, 0.15) is 48.0 Å². The number of carbonyl (C=O) groups is 1. The first kappa shape index (κ1) is 14.4. The molecule has 0 atom stereocenters. The van der Waals surface area contributed by atoms with Crippen LogP contribution in [0.2, 0.25) is 0 Å². The summed E-state index contributed by atoms with van der Waals surface area (Å²) in [6.07, 6.45) is 0.787. The van der Waals surface area contributed by atoms with E-state index in [2.05, 4.69) is 5.32 Å². The lowest BCUT2D eigenvalue weighted by Crippen LogP contribution is -2.49. The summed E-state index contributed by atoms with van der Waals surface area (Å²) in [6.45, 7) is 11.9. The lowest BCUT2D eigenvalue weighted by molar-refractivity contribution is -0.126. The van der Waals surface area contributed by atoms with Gasteiger partial charge in [-0.2, -0.15) is 0 Å². The monoisotopic (exact) mass is 215 g/mol. The zero-order chi connectivity index (χ0) is 12.3. The van der Waals surface area contributed by atoms with Crippen LogP contribution in [0.25, 0.3) is 0 Å². The van der Waals surface area contributed by atoms with Crippen LogP contribution in [-0.4, -0.2) is 24.2 Å². The Bertz CT molecular complexity index is 220. The zero-order valence-corrected chi connectivity index (χ0v) is 11.1. The number of amides is 1. The van der Waals surface area contributed by atoms with Crippen LogP contribution in [0.3, 0.4) is 0 Å². The Morgan fingerprint density at radius 2 is 1.73 bits per heavy atom. The molecule has 0 spiro atoms. The van der Waals surface area contributed by atoms with Gasteiger partial charge >= 0.3 is 0 Å². The number of nitrogens with one attached hydrogen (secondary N) is 1. The first-order valence-corrected chi connectivity index (χ1v) is 5.47. The van der Waals surface area contributed by atoms with Crippen molar-refractivity contribution in [2.75, 3.05) is 7.11 Å². The van der Waals surface area contributed by atoms with Crippen molar-refractivity contribution in [3.05, 3.63) is 0 Å². The normalized spacial score (nSPS) is 13.1. The zero-order valence-electron chi connectivity index (χ0n) is 11.1. The number of hydrogen-bond acceptors (Lipinski definition) is 2. The van der Waals surface area contributed by atoms with Crippen molar-refractivity contribution in [1.29, 1.82) is 0 Å². The molecule has 0 saturated carbocycles. The third-order valence-electron chi connectivity index (χ3n) is 2.41. The van der Waals surface area contributed by atoms with Crippen molar-refractivity contribution in [2.45, 2.75) is 59.1 Å². The Hall–Kier alpha value is -0.570. The van der Waals surface area contributed by atoms with E-state index in [9.17, 15) is 4.79 Å². The molecule has 15 heavy (non-hydrogen) atoms. The lowest BCUT2D eigenvalue weighted by atomic mass is 9.89. The predicted molar refractivity (Wildman–Crippen MR) is 62.8 cm³/mol. The van der Waals surface area contributed by atoms with Crippen molar-refractivity contribution >= 4 is 5.91 Å². The molecule has 3 nitrogen and oxygen atoms in total. The van der Waals surface area contributed by atoms with Gasteiger partial charge in [0.15, 0.2) is 0 Å². The first-order valence-electron chi connectivity index (χ1n) is 5.47. The van der Waals surface area contributed by atoms with Crippen molar-refractivity contribution in [3.63, 3.8) is 0 Å². The molecule has 0 bridgehead atoms. The van der Waals surface area contributed by atoms with E-state index in [0.717, 1.165) is 6.42 Å². The van der Waals surface area contributed by atoms with Gasteiger partial charge in [0.1, 0.15) is 0 Å². The van der Waals surface area contributed by atoms with Gasteiger partial charge in [0.25, 0.3) is 0 Å². The second-order valence-corrected chi connectivity index (χ2v) is 5.67. The highest BCUT2D eigenvalue weighted by Gasteiger charge is 2.30. The minimum atomic E-state index is -0.235. The number of hydrogen-bond donors (Lipinski definition) is 1. The largest absolute Gasteiger partial charge is 0.379 e. The fraction of sp³-hybridized carbons (Fsp3) is 0.917. The fourth-order valence-electron chi connectivity index (χ4n) is 1.66. The molecule has 0 aromatic heterocycles. The third kappa shape index (κ3) is 5.78. The SMILES string of the molecule is COC(C)(C)CC(C)(C)NC(=O)C(C)C. The smallest absolute Gasteiger partial charge is 0.222 e. The van der Waals surface area contributed by atoms with E-state index in [4.69, 9.17) is 4.74 Å². The van der Waals surface area contributed by atoms with Crippen molar-refractivity contribution in [1.82, 2.24) is 5.32 Å². The minimum Gasteiger partial charge on any atom is -0.379 e. The van der Waals surface area contributed by atoms with Gasteiger partial charge < -0.3 is 10.1 Å². The maximum Gasteiger partial charge on any atom is 0.222 e. The van der Waals surface area contributed by atoms with Crippen LogP contribution >= 0.6 is 0 Å². The summed E-state index contributed by atoms with van der Waals surface area (Å²) in [7, 11) is 1.69. The Labute approximate surface area is 93.6 Å². The molecule has 0 aliphatic heterocycles. The molecule has 0 fully saturated rings. The molecule has 1 N–H and O–H groups in total. The Kier molecular flexibility index (Phi) is 4.78. The van der Waals surface area contributed by atoms with Crippen LogP contribution in [0.15, 0.2) is 0 Å².